The van der Waals surface area contributed by atoms with Crippen LogP contribution in [0.4, 0.5) is 5.82 Å². The summed E-state index contributed by atoms with van der Waals surface area (Å²) in [5.74, 6) is 0.985. The Hall–Kier alpha value is -2.62. The largest absolute Gasteiger partial charge is 0.355 e. The summed E-state index contributed by atoms with van der Waals surface area (Å²) >= 11 is 1.11. The van der Waals surface area contributed by atoms with Gasteiger partial charge in [-0.15, -0.1) is 0 Å². The van der Waals surface area contributed by atoms with Gasteiger partial charge in [0, 0.05) is 48.4 Å². The first-order valence-corrected chi connectivity index (χ1v) is 12.1. The summed E-state index contributed by atoms with van der Waals surface area (Å²) in [7, 11) is 0. The van der Waals surface area contributed by atoms with E-state index >= 15 is 0 Å². The van der Waals surface area contributed by atoms with Crippen molar-refractivity contribution in [1.29, 1.82) is 0 Å². The number of hydrogen-bond acceptors (Lipinski definition) is 7. The van der Waals surface area contributed by atoms with Gasteiger partial charge in [0.25, 0.3) is 5.91 Å². The number of fused-ring (bicyclic) bond motifs is 1. The van der Waals surface area contributed by atoms with Gasteiger partial charge in [-0.05, 0) is 56.7 Å². The van der Waals surface area contributed by atoms with Gasteiger partial charge in [0.05, 0.1) is 17.3 Å². The molecule has 0 spiro atoms. The van der Waals surface area contributed by atoms with Crippen molar-refractivity contribution in [1.82, 2.24) is 19.5 Å². The number of aryl methyl sites for hydroxylation is 1. The first-order valence-electron chi connectivity index (χ1n) is 11.2. The Bertz CT molecular complexity index is 1150. The molecular formula is C23H29N7OS. The summed E-state index contributed by atoms with van der Waals surface area (Å²) in [4.78, 5) is 23.4. The zero-order chi connectivity index (χ0) is 22.2. The van der Waals surface area contributed by atoms with E-state index in [1.54, 1.807) is 0 Å². The Labute approximate surface area is 192 Å². The average Bonchev–Trinajstić information content (AvgIpc) is 3.43. The minimum atomic E-state index is -0.0715. The summed E-state index contributed by atoms with van der Waals surface area (Å²) in [6.07, 6.45) is 5.96. The molecule has 0 unspecified atom stereocenters. The molecule has 1 amide bonds. The third-order valence-electron chi connectivity index (χ3n) is 6.50. The number of piperidine rings is 1. The van der Waals surface area contributed by atoms with Crippen molar-refractivity contribution in [2.24, 2.45) is 10.9 Å². The highest BCUT2D eigenvalue weighted by Crippen LogP contribution is 2.33. The molecule has 2 atom stereocenters. The Morgan fingerprint density at radius 1 is 1.19 bits per heavy atom. The molecule has 168 valence electrons. The normalized spacial score (nSPS) is 21.5. The molecule has 2 aliphatic heterocycles. The Kier molecular flexibility index (Phi) is 5.79. The number of amides is 1. The molecule has 4 N–H and O–H groups in total. The number of anilines is 1. The summed E-state index contributed by atoms with van der Waals surface area (Å²) in [5.41, 5.74) is 9.52. The topological polar surface area (TPSA) is 106 Å². The summed E-state index contributed by atoms with van der Waals surface area (Å²) in [5, 5.41) is 10.6. The number of nitrogens with zero attached hydrogens (tertiary/aromatic N) is 5. The number of rotatable bonds is 4. The summed E-state index contributed by atoms with van der Waals surface area (Å²) in [6, 6.07) is 9.68. The molecule has 0 bridgehead atoms. The van der Waals surface area contributed by atoms with Crippen molar-refractivity contribution >= 4 is 29.3 Å². The van der Waals surface area contributed by atoms with Gasteiger partial charge in [0.15, 0.2) is 5.65 Å². The fraction of sp³-hybridized carbons (Fsp3) is 0.435. The number of hydrogen-bond donors (Lipinski definition) is 2. The van der Waals surface area contributed by atoms with E-state index in [-0.39, 0.29) is 18.0 Å². The lowest BCUT2D eigenvalue weighted by atomic mass is 9.98. The Balaban J connectivity index is 1.48. The third-order valence-corrected chi connectivity index (χ3v) is 7.11. The lowest BCUT2D eigenvalue weighted by molar-refractivity contribution is 0.0602. The standard InChI is InChI=1S/C23H29N7OS/c1-15-13-30-21(26-22(15)28-11-9-16(24)14-28)12-18(27-30)19-7-4-5-10-29(19)23(31)17-6-2-3-8-20(17)32-25/h2-3,6,8,12-13,16,19H,4-5,7,9-11,14,24-25H2,1H3/t16-,19-/m0/s1. The predicted octanol–water partition coefficient (Wildman–Crippen LogP) is 2.91. The molecule has 1 aromatic carbocycles. The molecule has 3 aromatic rings. The molecule has 5 rings (SSSR count). The van der Waals surface area contributed by atoms with Crippen molar-refractivity contribution in [2.45, 2.75) is 49.6 Å². The smallest absolute Gasteiger partial charge is 0.255 e. The Morgan fingerprint density at radius 3 is 2.81 bits per heavy atom. The third kappa shape index (κ3) is 3.85. The van der Waals surface area contributed by atoms with Crippen LogP contribution in [0.25, 0.3) is 5.65 Å². The Morgan fingerprint density at radius 2 is 2.03 bits per heavy atom. The van der Waals surface area contributed by atoms with Crippen LogP contribution in [0.15, 0.2) is 41.4 Å². The zero-order valence-corrected chi connectivity index (χ0v) is 19.1. The molecule has 0 aliphatic carbocycles. The lowest BCUT2D eigenvalue weighted by Gasteiger charge is -2.35. The maximum absolute atomic E-state index is 13.5. The van der Waals surface area contributed by atoms with Crippen molar-refractivity contribution < 1.29 is 4.79 Å². The first-order chi connectivity index (χ1) is 15.5. The van der Waals surface area contributed by atoms with E-state index in [2.05, 4.69) is 11.8 Å². The van der Waals surface area contributed by atoms with Crippen LogP contribution in [0.3, 0.4) is 0 Å². The maximum atomic E-state index is 13.5. The molecule has 32 heavy (non-hydrogen) atoms. The average molecular weight is 452 g/mol. The second kappa shape index (κ2) is 8.73. The van der Waals surface area contributed by atoms with Gasteiger partial charge in [-0.3, -0.25) is 9.93 Å². The van der Waals surface area contributed by atoms with Gasteiger partial charge in [-0.2, -0.15) is 5.10 Å². The van der Waals surface area contributed by atoms with Crippen LogP contribution in [0, 0.1) is 6.92 Å². The van der Waals surface area contributed by atoms with Crippen LogP contribution in [0.2, 0.25) is 0 Å². The van der Waals surface area contributed by atoms with Gasteiger partial charge >= 0.3 is 0 Å². The lowest BCUT2D eigenvalue weighted by Crippen LogP contribution is -2.39. The van der Waals surface area contributed by atoms with Gasteiger partial charge in [0.1, 0.15) is 5.82 Å². The fourth-order valence-corrected chi connectivity index (χ4v) is 5.30. The van der Waals surface area contributed by atoms with Gasteiger partial charge in [-0.1, -0.05) is 12.1 Å². The second-order valence-corrected chi connectivity index (χ2v) is 9.41. The van der Waals surface area contributed by atoms with E-state index in [4.69, 9.17) is 21.0 Å². The zero-order valence-electron chi connectivity index (χ0n) is 18.3. The molecule has 2 saturated heterocycles. The molecular weight excluding hydrogens is 422 g/mol. The number of benzene rings is 1. The molecule has 9 heteroatoms. The number of aromatic nitrogens is 3. The molecule has 8 nitrogen and oxygen atoms in total. The molecule has 2 fully saturated rings. The summed E-state index contributed by atoms with van der Waals surface area (Å²) in [6.45, 7) is 4.53. The molecule has 0 radical (unpaired) electrons. The monoisotopic (exact) mass is 451 g/mol. The number of carbonyl (C=O) groups excluding carboxylic acids is 1. The fourth-order valence-electron chi connectivity index (χ4n) is 4.86. The van der Waals surface area contributed by atoms with Crippen LogP contribution in [0.1, 0.15) is 53.3 Å². The maximum Gasteiger partial charge on any atom is 0.255 e. The van der Waals surface area contributed by atoms with Gasteiger partial charge in [0.2, 0.25) is 0 Å². The van der Waals surface area contributed by atoms with E-state index in [0.29, 0.717) is 12.1 Å². The molecule has 2 aliphatic rings. The van der Waals surface area contributed by atoms with E-state index in [1.807, 2.05) is 45.9 Å². The van der Waals surface area contributed by atoms with Crippen molar-refractivity contribution in [2.75, 3.05) is 24.5 Å². The van der Waals surface area contributed by atoms with Crippen molar-refractivity contribution in [3.63, 3.8) is 0 Å². The first kappa shape index (κ1) is 21.2. The van der Waals surface area contributed by atoms with E-state index < -0.39 is 0 Å². The van der Waals surface area contributed by atoms with E-state index in [0.717, 1.165) is 78.3 Å². The van der Waals surface area contributed by atoms with Crippen LogP contribution < -0.4 is 15.8 Å². The summed E-state index contributed by atoms with van der Waals surface area (Å²) < 4.78 is 1.84. The molecule has 4 heterocycles. The van der Waals surface area contributed by atoms with Crippen molar-refractivity contribution in [3.8, 4) is 0 Å². The highest BCUT2D eigenvalue weighted by Gasteiger charge is 2.32. The van der Waals surface area contributed by atoms with Crippen LogP contribution >= 0.6 is 11.9 Å². The van der Waals surface area contributed by atoms with Crippen molar-refractivity contribution in [3.05, 3.63) is 53.3 Å². The quantitative estimate of drug-likeness (QED) is 0.588. The number of carbonyl (C=O) groups is 1. The number of nitrogens with two attached hydrogens (primary N) is 2. The minimum absolute atomic E-state index is 0.0104. The highest BCUT2D eigenvalue weighted by molar-refractivity contribution is 7.97. The highest BCUT2D eigenvalue weighted by atomic mass is 32.2. The van der Waals surface area contributed by atoms with Gasteiger partial charge < -0.3 is 15.5 Å². The molecule has 0 saturated carbocycles. The second-order valence-electron chi connectivity index (χ2n) is 8.74. The van der Waals surface area contributed by atoms with Crippen LogP contribution in [-0.4, -0.2) is 51.1 Å². The minimum Gasteiger partial charge on any atom is -0.355 e. The SMILES string of the molecule is Cc1cn2nc([C@@H]3CCCCN3C(=O)c3ccccc3SN)cc2nc1N1CC[C@H](N)C1. The molecule has 2 aromatic heterocycles. The van der Waals surface area contributed by atoms with Crippen LogP contribution in [-0.2, 0) is 0 Å². The number of likely N-dealkylation sites (tertiary alicyclic amines) is 1. The van der Waals surface area contributed by atoms with Gasteiger partial charge in [-0.25, -0.2) is 9.50 Å². The van der Waals surface area contributed by atoms with E-state index in [1.165, 1.54) is 0 Å². The predicted molar refractivity (Wildman–Crippen MR) is 127 cm³/mol. The van der Waals surface area contributed by atoms with E-state index in [9.17, 15) is 4.79 Å². The van der Waals surface area contributed by atoms with Crippen LogP contribution in [0.5, 0.6) is 0 Å².